The van der Waals surface area contributed by atoms with E-state index in [-0.39, 0.29) is 47.0 Å². The van der Waals surface area contributed by atoms with E-state index in [2.05, 4.69) is 17.5 Å². The SMILES string of the molecule is Cc1c(Cl)cccc1NC(=O)c1ccccc1N1C(=O)[C@@H]2[C@H](C1=O)[C@@H]1C=C[C@@H]2C1. The second-order valence-electron chi connectivity index (χ2n) is 7.90. The van der Waals surface area contributed by atoms with Crippen molar-refractivity contribution >= 4 is 40.7 Å². The minimum Gasteiger partial charge on any atom is -0.322 e. The molecule has 5 rings (SSSR count). The molecular formula is C23H19ClN2O3. The topological polar surface area (TPSA) is 66.5 Å². The van der Waals surface area contributed by atoms with Crippen molar-refractivity contribution in [1.82, 2.24) is 0 Å². The molecule has 2 aromatic carbocycles. The monoisotopic (exact) mass is 406 g/mol. The van der Waals surface area contributed by atoms with Gasteiger partial charge in [-0.2, -0.15) is 0 Å². The van der Waals surface area contributed by atoms with E-state index in [0.29, 0.717) is 16.4 Å². The molecule has 3 aliphatic rings. The van der Waals surface area contributed by atoms with Crippen LogP contribution in [0.5, 0.6) is 0 Å². The van der Waals surface area contributed by atoms with Crippen LogP contribution in [-0.4, -0.2) is 17.7 Å². The fourth-order valence-electron chi connectivity index (χ4n) is 4.93. The van der Waals surface area contributed by atoms with Crippen molar-refractivity contribution in [2.75, 3.05) is 10.2 Å². The summed E-state index contributed by atoms with van der Waals surface area (Å²) in [6, 6.07) is 12.0. The Morgan fingerprint density at radius 3 is 2.34 bits per heavy atom. The number of nitrogens with zero attached hydrogens (tertiary/aromatic N) is 1. The van der Waals surface area contributed by atoms with Crippen LogP contribution in [0.3, 0.4) is 0 Å². The van der Waals surface area contributed by atoms with Gasteiger partial charge in [0.1, 0.15) is 0 Å². The van der Waals surface area contributed by atoms with Gasteiger partial charge in [-0.15, -0.1) is 0 Å². The lowest BCUT2D eigenvalue weighted by Gasteiger charge is -2.20. The molecule has 3 amide bonds. The van der Waals surface area contributed by atoms with Crippen LogP contribution < -0.4 is 10.2 Å². The van der Waals surface area contributed by atoms with E-state index in [9.17, 15) is 14.4 Å². The Morgan fingerprint density at radius 2 is 1.66 bits per heavy atom. The lowest BCUT2D eigenvalue weighted by molar-refractivity contribution is -0.123. The van der Waals surface area contributed by atoms with Gasteiger partial charge in [0.2, 0.25) is 11.8 Å². The number of anilines is 2. The van der Waals surface area contributed by atoms with E-state index in [1.54, 1.807) is 42.5 Å². The number of amides is 3. The number of hydrogen-bond donors (Lipinski definition) is 1. The number of carbonyl (C=O) groups is 3. The number of halogens is 1. The zero-order valence-electron chi connectivity index (χ0n) is 15.8. The molecular weight excluding hydrogens is 388 g/mol. The summed E-state index contributed by atoms with van der Waals surface area (Å²) in [7, 11) is 0. The summed E-state index contributed by atoms with van der Waals surface area (Å²) in [4.78, 5) is 40.5. The van der Waals surface area contributed by atoms with E-state index >= 15 is 0 Å². The van der Waals surface area contributed by atoms with E-state index in [4.69, 9.17) is 11.6 Å². The van der Waals surface area contributed by atoms with Gasteiger partial charge in [0, 0.05) is 10.7 Å². The molecule has 2 fully saturated rings. The van der Waals surface area contributed by atoms with Gasteiger partial charge in [0.05, 0.1) is 23.1 Å². The Bertz CT molecular complexity index is 1060. The first-order valence-electron chi connectivity index (χ1n) is 9.69. The third kappa shape index (κ3) is 2.64. The fraction of sp³-hybridized carbons (Fsp3) is 0.261. The fourth-order valence-corrected chi connectivity index (χ4v) is 5.11. The van der Waals surface area contributed by atoms with Crippen LogP contribution in [-0.2, 0) is 9.59 Å². The van der Waals surface area contributed by atoms with Crippen molar-refractivity contribution in [1.29, 1.82) is 0 Å². The average molecular weight is 407 g/mol. The number of fused-ring (bicyclic) bond motifs is 5. The number of rotatable bonds is 3. The van der Waals surface area contributed by atoms with Crippen LogP contribution in [0.1, 0.15) is 22.3 Å². The lowest BCUT2D eigenvalue weighted by Crippen LogP contribution is -2.34. The summed E-state index contributed by atoms with van der Waals surface area (Å²) >= 11 is 6.15. The predicted molar refractivity (Wildman–Crippen MR) is 111 cm³/mol. The smallest absolute Gasteiger partial charge is 0.257 e. The van der Waals surface area contributed by atoms with Crippen molar-refractivity contribution in [3.63, 3.8) is 0 Å². The molecule has 2 bridgehead atoms. The Morgan fingerprint density at radius 1 is 1.00 bits per heavy atom. The number of para-hydroxylation sites is 1. The van der Waals surface area contributed by atoms with Crippen molar-refractivity contribution < 1.29 is 14.4 Å². The van der Waals surface area contributed by atoms with Crippen LogP contribution in [0.25, 0.3) is 0 Å². The van der Waals surface area contributed by atoms with Crippen LogP contribution in [0.2, 0.25) is 5.02 Å². The zero-order valence-corrected chi connectivity index (χ0v) is 16.5. The molecule has 2 aromatic rings. The van der Waals surface area contributed by atoms with Gasteiger partial charge in [-0.05, 0) is 55.0 Å². The van der Waals surface area contributed by atoms with Crippen LogP contribution in [0.4, 0.5) is 11.4 Å². The molecule has 0 unspecified atom stereocenters. The molecule has 0 spiro atoms. The molecule has 1 saturated carbocycles. The predicted octanol–water partition coefficient (Wildman–Crippen LogP) is 4.21. The maximum absolute atomic E-state index is 13.1. The summed E-state index contributed by atoms with van der Waals surface area (Å²) in [6.07, 6.45) is 4.99. The minimum absolute atomic E-state index is 0.126. The summed E-state index contributed by atoms with van der Waals surface area (Å²) in [6.45, 7) is 1.82. The molecule has 29 heavy (non-hydrogen) atoms. The number of benzene rings is 2. The van der Waals surface area contributed by atoms with Gasteiger partial charge in [0.25, 0.3) is 5.91 Å². The molecule has 0 aromatic heterocycles. The highest BCUT2D eigenvalue weighted by atomic mass is 35.5. The van der Waals surface area contributed by atoms with E-state index in [1.165, 1.54) is 4.90 Å². The first-order valence-corrected chi connectivity index (χ1v) is 10.1. The third-order valence-electron chi connectivity index (χ3n) is 6.38. The number of hydrogen-bond acceptors (Lipinski definition) is 3. The summed E-state index contributed by atoms with van der Waals surface area (Å²) < 4.78 is 0. The van der Waals surface area contributed by atoms with Crippen LogP contribution in [0.15, 0.2) is 54.6 Å². The van der Waals surface area contributed by atoms with E-state index in [0.717, 1.165) is 12.0 Å². The van der Waals surface area contributed by atoms with Gasteiger partial charge in [0.15, 0.2) is 0 Å². The zero-order chi connectivity index (χ0) is 20.3. The second-order valence-corrected chi connectivity index (χ2v) is 8.30. The second kappa shape index (κ2) is 6.56. The number of nitrogens with one attached hydrogen (secondary N) is 1. The number of imide groups is 1. The van der Waals surface area contributed by atoms with Crippen molar-refractivity contribution in [2.24, 2.45) is 23.7 Å². The van der Waals surface area contributed by atoms with Crippen LogP contribution >= 0.6 is 11.6 Å². The highest BCUT2D eigenvalue weighted by Gasteiger charge is 2.59. The summed E-state index contributed by atoms with van der Waals surface area (Å²) in [5, 5.41) is 3.41. The Labute approximate surface area is 173 Å². The molecule has 5 nitrogen and oxygen atoms in total. The molecule has 0 radical (unpaired) electrons. The van der Waals surface area contributed by atoms with Crippen molar-refractivity contribution in [3.05, 3.63) is 70.8 Å². The number of allylic oxidation sites excluding steroid dienone is 2. The van der Waals surface area contributed by atoms with Gasteiger partial charge >= 0.3 is 0 Å². The standard InChI is InChI=1S/C23H19ClN2O3/c1-12-16(24)6-4-7-17(12)25-21(27)15-5-2-3-8-18(15)26-22(28)19-13-9-10-14(11-13)20(19)23(26)29/h2-10,13-14,19-20H,11H2,1H3,(H,25,27)/t13-,14-,19-,20+/m1/s1. The van der Waals surface area contributed by atoms with E-state index in [1.807, 2.05) is 6.92 Å². The van der Waals surface area contributed by atoms with Crippen molar-refractivity contribution in [3.8, 4) is 0 Å². The quantitative estimate of drug-likeness (QED) is 0.613. The molecule has 1 heterocycles. The molecule has 1 N–H and O–H groups in total. The number of carbonyl (C=O) groups excluding carboxylic acids is 3. The Balaban J connectivity index is 1.49. The highest BCUT2D eigenvalue weighted by Crippen LogP contribution is 2.53. The maximum atomic E-state index is 13.1. The molecule has 1 aliphatic heterocycles. The van der Waals surface area contributed by atoms with Crippen LogP contribution in [0, 0.1) is 30.6 Å². The van der Waals surface area contributed by atoms with Crippen molar-refractivity contribution in [2.45, 2.75) is 13.3 Å². The molecule has 146 valence electrons. The molecule has 1 saturated heterocycles. The highest BCUT2D eigenvalue weighted by molar-refractivity contribution is 6.32. The summed E-state index contributed by atoms with van der Waals surface area (Å²) in [5.74, 6) is -1.13. The average Bonchev–Trinajstić information content (AvgIpc) is 3.39. The normalized spacial score (nSPS) is 26.9. The van der Waals surface area contributed by atoms with Gasteiger partial charge in [-0.25, -0.2) is 4.90 Å². The molecule has 6 heteroatoms. The Kier molecular flexibility index (Phi) is 4.10. The van der Waals surface area contributed by atoms with Gasteiger partial charge < -0.3 is 5.32 Å². The van der Waals surface area contributed by atoms with Gasteiger partial charge in [-0.3, -0.25) is 14.4 Å². The molecule has 4 atom stereocenters. The summed E-state index contributed by atoms with van der Waals surface area (Å²) in [5.41, 5.74) is 1.98. The third-order valence-corrected chi connectivity index (χ3v) is 6.79. The van der Waals surface area contributed by atoms with E-state index < -0.39 is 0 Å². The minimum atomic E-state index is -0.385. The maximum Gasteiger partial charge on any atom is 0.257 e. The molecule has 2 aliphatic carbocycles. The lowest BCUT2D eigenvalue weighted by atomic mass is 9.85. The Hall–Kier alpha value is -2.92. The van der Waals surface area contributed by atoms with Gasteiger partial charge in [-0.1, -0.05) is 42.0 Å². The first kappa shape index (κ1) is 18.1. The largest absolute Gasteiger partial charge is 0.322 e. The first-order chi connectivity index (χ1) is 14.0.